The lowest BCUT2D eigenvalue weighted by Crippen LogP contribution is -2.23. The number of unbranched alkanes of at least 4 members (excludes halogenated alkanes) is 5. The standard InChI is InChI=1S/C14H31N/c1-13(2)11-9-7-5-6-8-10-12-15-14(3)4/h13-15H,5-12H2,1-4H3. The van der Waals surface area contributed by atoms with Crippen LogP contribution >= 0.6 is 0 Å². The molecule has 0 aliphatic heterocycles. The molecule has 0 amide bonds. The summed E-state index contributed by atoms with van der Waals surface area (Å²) in [5.74, 6) is 0.889. The summed E-state index contributed by atoms with van der Waals surface area (Å²) in [6, 6.07) is 0.649. The summed E-state index contributed by atoms with van der Waals surface area (Å²) in [5.41, 5.74) is 0. The Kier molecular flexibility index (Phi) is 10.4. The maximum Gasteiger partial charge on any atom is 0.00103 e. The molecule has 0 saturated carbocycles. The molecular weight excluding hydrogens is 182 g/mol. The molecule has 1 N–H and O–H groups in total. The summed E-state index contributed by atoms with van der Waals surface area (Å²) in [6.07, 6.45) is 9.91. The average molecular weight is 213 g/mol. The van der Waals surface area contributed by atoms with Crippen molar-refractivity contribution in [1.82, 2.24) is 5.32 Å². The molecule has 0 aromatic rings. The van der Waals surface area contributed by atoms with E-state index in [0.29, 0.717) is 6.04 Å². The Morgan fingerprint density at radius 3 is 1.80 bits per heavy atom. The van der Waals surface area contributed by atoms with Gasteiger partial charge in [-0.05, 0) is 18.9 Å². The summed E-state index contributed by atoms with van der Waals surface area (Å²) >= 11 is 0. The molecule has 0 aromatic heterocycles. The highest BCUT2D eigenvalue weighted by atomic mass is 14.9. The highest BCUT2D eigenvalue weighted by Gasteiger charge is 1.95. The molecule has 0 atom stereocenters. The van der Waals surface area contributed by atoms with Gasteiger partial charge in [0.2, 0.25) is 0 Å². The van der Waals surface area contributed by atoms with E-state index in [2.05, 4.69) is 33.0 Å². The van der Waals surface area contributed by atoms with Gasteiger partial charge in [-0.15, -0.1) is 0 Å². The second kappa shape index (κ2) is 10.5. The third-order valence-corrected chi connectivity index (χ3v) is 2.76. The maximum absolute atomic E-state index is 3.46. The Morgan fingerprint density at radius 1 is 0.733 bits per heavy atom. The van der Waals surface area contributed by atoms with Gasteiger partial charge >= 0.3 is 0 Å². The van der Waals surface area contributed by atoms with Crippen LogP contribution in [-0.4, -0.2) is 12.6 Å². The van der Waals surface area contributed by atoms with Gasteiger partial charge in [-0.2, -0.15) is 0 Å². The van der Waals surface area contributed by atoms with E-state index in [0.717, 1.165) is 5.92 Å². The van der Waals surface area contributed by atoms with Crippen LogP contribution in [-0.2, 0) is 0 Å². The van der Waals surface area contributed by atoms with E-state index in [4.69, 9.17) is 0 Å². The number of hydrogen-bond donors (Lipinski definition) is 1. The molecule has 0 aliphatic rings. The van der Waals surface area contributed by atoms with Crippen molar-refractivity contribution in [3.05, 3.63) is 0 Å². The Balaban J connectivity index is 2.93. The summed E-state index contributed by atoms with van der Waals surface area (Å²) in [6.45, 7) is 10.3. The van der Waals surface area contributed by atoms with E-state index in [9.17, 15) is 0 Å². The van der Waals surface area contributed by atoms with Gasteiger partial charge in [-0.25, -0.2) is 0 Å². The lowest BCUT2D eigenvalue weighted by atomic mass is 10.0. The molecule has 1 nitrogen and oxygen atoms in total. The van der Waals surface area contributed by atoms with E-state index >= 15 is 0 Å². The Morgan fingerprint density at radius 2 is 1.27 bits per heavy atom. The molecule has 0 rings (SSSR count). The minimum atomic E-state index is 0.649. The topological polar surface area (TPSA) is 12.0 Å². The van der Waals surface area contributed by atoms with Gasteiger partial charge in [0.25, 0.3) is 0 Å². The average Bonchev–Trinajstić information content (AvgIpc) is 2.14. The lowest BCUT2D eigenvalue weighted by molar-refractivity contribution is 0.501. The van der Waals surface area contributed by atoms with Crippen molar-refractivity contribution in [3.63, 3.8) is 0 Å². The van der Waals surface area contributed by atoms with Crippen LogP contribution < -0.4 is 5.32 Å². The van der Waals surface area contributed by atoms with E-state index in [1.54, 1.807) is 0 Å². The van der Waals surface area contributed by atoms with Gasteiger partial charge in [-0.3, -0.25) is 0 Å². The van der Waals surface area contributed by atoms with Gasteiger partial charge in [0.1, 0.15) is 0 Å². The van der Waals surface area contributed by atoms with Crippen LogP contribution in [0.4, 0.5) is 0 Å². The first kappa shape index (κ1) is 15.0. The third kappa shape index (κ3) is 14.0. The van der Waals surface area contributed by atoms with Crippen molar-refractivity contribution in [2.24, 2.45) is 5.92 Å². The Bertz CT molecular complexity index is 105. The normalized spacial score (nSPS) is 11.6. The molecule has 0 radical (unpaired) electrons. The maximum atomic E-state index is 3.46. The summed E-state index contributed by atoms with van der Waals surface area (Å²) in [4.78, 5) is 0. The van der Waals surface area contributed by atoms with E-state index in [1.165, 1.54) is 51.5 Å². The number of hydrogen-bond acceptors (Lipinski definition) is 1. The Labute approximate surface area is 97.0 Å². The molecule has 0 aromatic carbocycles. The molecule has 1 heteroatoms. The van der Waals surface area contributed by atoms with Crippen molar-refractivity contribution in [1.29, 1.82) is 0 Å². The van der Waals surface area contributed by atoms with Gasteiger partial charge in [-0.1, -0.05) is 66.2 Å². The SMILES string of the molecule is CC(C)CCCCCCCCNC(C)C. The van der Waals surface area contributed by atoms with Gasteiger partial charge in [0.15, 0.2) is 0 Å². The van der Waals surface area contributed by atoms with Crippen molar-refractivity contribution in [3.8, 4) is 0 Å². The van der Waals surface area contributed by atoms with Crippen molar-refractivity contribution in [2.45, 2.75) is 78.7 Å². The molecule has 0 aliphatic carbocycles. The van der Waals surface area contributed by atoms with Crippen LogP contribution in [0.25, 0.3) is 0 Å². The van der Waals surface area contributed by atoms with Crippen LogP contribution in [0, 0.1) is 5.92 Å². The van der Waals surface area contributed by atoms with Crippen LogP contribution in [0.3, 0.4) is 0 Å². The fourth-order valence-electron chi connectivity index (χ4n) is 1.78. The molecule has 0 bridgehead atoms. The summed E-state index contributed by atoms with van der Waals surface area (Å²) < 4.78 is 0. The van der Waals surface area contributed by atoms with Crippen LogP contribution in [0.1, 0.15) is 72.6 Å². The fourth-order valence-corrected chi connectivity index (χ4v) is 1.78. The van der Waals surface area contributed by atoms with Gasteiger partial charge in [0, 0.05) is 6.04 Å². The zero-order valence-electron chi connectivity index (χ0n) is 11.3. The monoisotopic (exact) mass is 213 g/mol. The number of rotatable bonds is 10. The second-order valence-electron chi connectivity index (χ2n) is 5.41. The third-order valence-electron chi connectivity index (χ3n) is 2.76. The van der Waals surface area contributed by atoms with E-state index in [1.807, 2.05) is 0 Å². The minimum Gasteiger partial charge on any atom is -0.315 e. The molecule has 0 unspecified atom stereocenters. The highest BCUT2D eigenvalue weighted by Crippen LogP contribution is 2.10. The first-order chi connectivity index (χ1) is 7.13. The lowest BCUT2D eigenvalue weighted by Gasteiger charge is -2.07. The molecule has 0 spiro atoms. The van der Waals surface area contributed by atoms with Gasteiger partial charge in [0.05, 0.1) is 0 Å². The zero-order chi connectivity index (χ0) is 11.5. The number of nitrogens with one attached hydrogen (secondary N) is 1. The smallest absolute Gasteiger partial charge is 0.00103 e. The molecule has 92 valence electrons. The van der Waals surface area contributed by atoms with Crippen molar-refractivity contribution in [2.75, 3.05) is 6.54 Å². The van der Waals surface area contributed by atoms with E-state index in [-0.39, 0.29) is 0 Å². The Hall–Kier alpha value is -0.0400. The molecule has 0 fully saturated rings. The summed E-state index contributed by atoms with van der Waals surface area (Å²) in [5, 5.41) is 3.46. The molecular formula is C14H31N. The van der Waals surface area contributed by atoms with Crippen molar-refractivity contribution >= 4 is 0 Å². The van der Waals surface area contributed by atoms with Crippen molar-refractivity contribution < 1.29 is 0 Å². The largest absolute Gasteiger partial charge is 0.315 e. The van der Waals surface area contributed by atoms with E-state index < -0.39 is 0 Å². The zero-order valence-corrected chi connectivity index (χ0v) is 11.3. The minimum absolute atomic E-state index is 0.649. The van der Waals surface area contributed by atoms with Gasteiger partial charge < -0.3 is 5.32 Å². The van der Waals surface area contributed by atoms with Crippen LogP contribution in [0.2, 0.25) is 0 Å². The summed E-state index contributed by atoms with van der Waals surface area (Å²) in [7, 11) is 0. The second-order valence-corrected chi connectivity index (χ2v) is 5.41. The first-order valence-corrected chi connectivity index (χ1v) is 6.86. The molecule has 15 heavy (non-hydrogen) atoms. The first-order valence-electron chi connectivity index (χ1n) is 6.86. The fraction of sp³-hybridized carbons (Fsp3) is 1.00. The molecule has 0 saturated heterocycles. The predicted molar refractivity (Wildman–Crippen MR) is 70.3 cm³/mol. The quantitative estimate of drug-likeness (QED) is 0.531. The highest BCUT2D eigenvalue weighted by molar-refractivity contribution is 4.53. The van der Waals surface area contributed by atoms with Crippen LogP contribution in [0.5, 0.6) is 0 Å². The predicted octanol–water partition coefficient (Wildman–Crippen LogP) is 4.37. The van der Waals surface area contributed by atoms with Crippen LogP contribution in [0.15, 0.2) is 0 Å². The molecule has 0 heterocycles.